The number of benzene rings is 2. The fraction of sp³-hybridized carbons (Fsp3) is 0.448. The van der Waals surface area contributed by atoms with Crippen molar-refractivity contribution >= 4 is 33.2 Å². The van der Waals surface area contributed by atoms with Gasteiger partial charge < -0.3 is 14.2 Å². The van der Waals surface area contributed by atoms with Gasteiger partial charge in [-0.2, -0.15) is 4.57 Å². The Morgan fingerprint density at radius 2 is 1.56 bits per heavy atom. The van der Waals surface area contributed by atoms with Crippen LogP contribution in [0.4, 0.5) is 11.4 Å². The van der Waals surface area contributed by atoms with Crippen LogP contribution in [0.25, 0.3) is 33.2 Å². The quantitative estimate of drug-likeness (QED) is 0.233. The molecule has 2 aromatic carbocycles. The third-order valence-electron chi connectivity index (χ3n) is 7.83. The molecule has 0 aliphatic carbocycles. The number of aryl methyl sites for hydroxylation is 2. The molecule has 0 aromatic heterocycles. The lowest BCUT2D eigenvalue weighted by molar-refractivity contribution is -0.704. The van der Waals surface area contributed by atoms with E-state index in [9.17, 15) is 4.79 Å². The molecule has 0 atom stereocenters. The summed E-state index contributed by atoms with van der Waals surface area (Å²) in [6.07, 6.45) is 4.47. The lowest BCUT2D eigenvalue weighted by Crippen LogP contribution is -2.53. The SMILES string of the molecule is CCN1CCCc2cc3cc4c(=O)[n+](C(C)C)c5cc6c(cc5c-4oc3cc21)CCCN6CC. The van der Waals surface area contributed by atoms with Crippen molar-refractivity contribution in [2.45, 2.75) is 59.4 Å². The van der Waals surface area contributed by atoms with Gasteiger partial charge in [0.2, 0.25) is 5.52 Å². The van der Waals surface area contributed by atoms with Crippen LogP contribution in [0.15, 0.2) is 39.5 Å². The minimum atomic E-state index is 0.0369. The molecule has 0 amide bonds. The Labute approximate surface area is 200 Å². The van der Waals surface area contributed by atoms with Crippen molar-refractivity contribution < 1.29 is 8.98 Å². The molecule has 4 aliphatic rings. The van der Waals surface area contributed by atoms with E-state index < -0.39 is 0 Å². The standard InChI is InChI=1S/C29H34N3O2/c1-5-30-11-8-10-20-14-22-26(16-24(20)30)32(18(3)4)29(33)23-15-21-13-19-9-7-12-31(6-2)25(19)17-27(21)34-28(22)23/h13-18H,5-12H2,1-4H3/q+1. The van der Waals surface area contributed by atoms with Crippen LogP contribution in [-0.2, 0) is 12.8 Å². The van der Waals surface area contributed by atoms with Crippen molar-refractivity contribution in [1.29, 1.82) is 0 Å². The average molecular weight is 457 g/mol. The summed E-state index contributed by atoms with van der Waals surface area (Å²) in [7, 11) is 0. The molecule has 0 fully saturated rings. The van der Waals surface area contributed by atoms with Gasteiger partial charge in [0.05, 0.1) is 5.39 Å². The minimum absolute atomic E-state index is 0.0369. The molecule has 5 heteroatoms. The zero-order chi connectivity index (χ0) is 23.6. The minimum Gasteiger partial charge on any atom is -0.455 e. The third-order valence-corrected chi connectivity index (χ3v) is 7.83. The summed E-state index contributed by atoms with van der Waals surface area (Å²) in [5, 5.41) is 2.07. The molecule has 4 heterocycles. The van der Waals surface area contributed by atoms with Crippen LogP contribution in [0.5, 0.6) is 0 Å². The van der Waals surface area contributed by atoms with Gasteiger partial charge in [-0.15, -0.1) is 0 Å². The normalized spacial score (nSPS) is 16.0. The lowest BCUT2D eigenvalue weighted by atomic mass is 9.95. The maximum Gasteiger partial charge on any atom is 0.423 e. The number of rotatable bonds is 3. The summed E-state index contributed by atoms with van der Waals surface area (Å²) >= 11 is 0. The molecule has 0 N–H and O–H groups in total. The first-order valence-corrected chi connectivity index (χ1v) is 12.9. The predicted molar refractivity (Wildman–Crippen MR) is 140 cm³/mol. The second kappa shape index (κ2) is 8.00. The molecule has 0 saturated carbocycles. The average Bonchev–Trinajstić information content (AvgIpc) is 2.84. The van der Waals surface area contributed by atoms with E-state index >= 15 is 0 Å². The van der Waals surface area contributed by atoms with Gasteiger partial charge in [-0.1, -0.05) is 0 Å². The fourth-order valence-corrected chi connectivity index (χ4v) is 6.14. The maximum atomic E-state index is 13.8. The topological polar surface area (TPSA) is 40.6 Å². The molecule has 0 spiro atoms. The zero-order valence-electron chi connectivity index (χ0n) is 20.8. The number of hydrogen-bond donors (Lipinski definition) is 0. The van der Waals surface area contributed by atoms with Crippen molar-refractivity contribution in [3.8, 4) is 11.3 Å². The summed E-state index contributed by atoms with van der Waals surface area (Å²) in [6, 6.07) is 11.1. The maximum absolute atomic E-state index is 13.8. The fourth-order valence-electron chi connectivity index (χ4n) is 6.14. The molecular weight excluding hydrogens is 422 g/mol. The highest BCUT2D eigenvalue weighted by Gasteiger charge is 2.31. The van der Waals surface area contributed by atoms with Gasteiger partial charge in [0.15, 0.2) is 11.8 Å². The molecular formula is C29H34N3O2+. The van der Waals surface area contributed by atoms with Crippen LogP contribution in [0.1, 0.15) is 57.7 Å². The number of aromatic nitrogens is 1. The first-order valence-electron chi connectivity index (χ1n) is 12.9. The van der Waals surface area contributed by atoms with Crippen molar-refractivity contribution in [3.63, 3.8) is 0 Å². The highest BCUT2D eigenvalue weighted by atomic mass is 16.3. The van der Waals surface area contributed by atoms with E-state index in [1.807, 2.05) is 4.57 Å². The Kier molecular flexibility index (Phi) is 5.05. The van der Waals surface area contributed by atoms with Crippen LogP contribution in [0.2, 0.25) is 0 Å². The Hall–Kier alpha value is -3.08. The first kappa shape index (κ1) is 21.5. The summed E-state index contributed by atoms with van der Waals surface area (Å²) < 4.78 is 8.58. The second-order valence-electron chi connectivity index (χ2n) is 10.1. The first-order chi connectivity index (χ1) is 16.5. The molecule has 0 saturated heterocycles. The highest BCUT2D eigenvalue weighted by Crippen LogP contribution is 2.39. The van der Waals surface area contributed by atoms with Crippen LogP contribution >= 0.6 is 0 Å². The molecule has 4 aliphatic heterocycles. The summed E-state index contributed by atoms with van der Waals surface area (Å²) in [5.74, 6) is 0.722. The summed E-state index contributed by atoms with van der Waals surface area (Å²) in [6.45, 7) is 12.7. The van der Waals surface area contributed by atoms with Gasteiger partial charge >= 0.3 is 5.56 Å². The van der Waals surface area contributed by atoms with E-state index in [0.717, 1.165) is 73.1 Å². The zero-order valence-corrected chi connectivity index (χ0v) is 20.8. The molecule has 0 radical (unpaired) electrons. The Morgan fingerprint density at radius 1 is 0.912 bits per heavy atom. The van der Waals surface area contributed by atoms with Gasteiger partial charge in [0, 0.05) is 55.1 Å². The lowest BCUT2D eigenvalue weighted by Gasteiger charge is -2.31. The van der Waals surface area contributed by atoms with Gasteiger partial charge in [-0.3, -0.25) is 0 Å². The molecule has 2 aromatic rings. The monoisotopic (exact) mass is 456 g/mol. The smallest absolute Gasteiger partial charge is 0.423 e. The van der Waals surface area contributed by atoms with Gasteiger partial charge in [0.1, 0.15) is 11.1 Å². The van der Waals surface area contributed by atoms with E-state index in [2.05, 4.69) is 67.8 Å². The van der Waals surface area contributed by atoms with Crippen LogP contribution in [0, 0.1) is 0 Å². The number of nitrogens with zero attached hydrogens (tertiary/aromatic N) is 3. The van der Waals surface area contributed by atoms with Crippen LogP contribution in [0.3, 0.4) is 0 Å². The largest absolute Gasteiger partial charge is 0.455 e. The molecule has 5 nitrogen and oxygen atoms in total. The van der Waals surface area contributed by atoms with Crippen molar-refractivity contribution in [2.75, 3.05) is 36.0 Å². The van der Waals surface area contributed by atoms with Gasteiger partial charge in [-0.05, 0) is 82.7 Å². The Bertz CT molecular complexity index is 1450. The van der Waals surface area contributed by atoms with E-state index in [0.29, 0.717) is 5.56 Å². The molecule has 0 unspecified atom stereocenters. The van der Waals surface area contributed by atoms with Gasteiger partial charge in [0.25, 0.3) is 0 Å². The number of anilines is 2. The van der Waals surface area contributed by atoms with Gasteiger partial charge in [-0.25, -0.2) is 4.79 Å². The summed E-state index contributed by atoms with van der Waals surface area (Å²) in [4.78, 5) is 18.7. The molecule has 176 valence electrons. The predicted octanol–water partition coefficient (Wildman–Crippen LogP) is 5.46. The van der Waals surface area contributed by atoms with E-state index in [1.165, 1.54) is 28.9 Å². The van der Waals surface area contributed by atoms with Crippen molar-refractivity contribution in [3.05, 3.63) is 51.8 Å². The van der Waals surface area contributed by atoms with Crippen LogP contribution < -0.4 is 19.9 Å². The molecule has 6 rings (SSSR count). The second-order valence-corrected chi connectivity index (χ2v) is 10.1. The molecule has 0 bridgehead atoms. The van der Waals surface area contributed by atoms with E-state index in [4.69, 9.17) is 4.42 Å². The Morgan fingerprint density at radius 3 is 2.21 bits per heavy atom. The number of hydrogen-bond acceptors (Lipinski definition) is 4. The summed E-state index contributed by atoms with van der Waals surface area (Å²) in [5.41, 5.74) is 7.81. The van der Waals surface area contributed by atoms with Crippen molar-refractivity contribution in [1.82, 2.24) is 0 Å². The van der Waals surface area contributed by atoms with E-state index in [1.54, 1.807) is 0 Å². The van der Waals surface area contributed by atoms with Crippen LogP contribution in [-0.4, -0.2) is 26.2 Å². The Balaban J connectivity index is 1.70. The third kappa shape index (κ3) is 3.13. The number of pyridine rings is 1. The van der Waals surface area contributed by atoms with E-state index in [-0.39, 0.29) is 11.6 Å². The molecule has 34 heavy (non-hydrogen) atoms. The highest BCUT2D eigenvalue weighted by molar-refractivity contribution is 5.97. The van der Waals surface area contributed by atoms with Crippen molar-refractivity contribution in [2.24, 2.45) is 0 Å². The number of fused-ring (bicyclic) bond motifs is 6.